The Kier molecular flexibility index (Phi) is 6.80. The molecule has 2 aromatic carbocycles. The zero-order valence-corrected chi connectivity index (χ0v) is 14.8. The van der Waals surface area contributed by atoms with Gasteiger partial charge in [0.25, 0.3) is 0 Å². The lowest BCUT2D eigenvalue weighted by molar-refractivity contribution is -0.138. The van der Waals surface area contributed by atoms with Gasteiger partial charge in [0.2, 0.25) is 0 Å². The van der Waals surface area contributed by atoms with Crippen LogP contribution in [0.3, 0.4) is 0 Å². The van der Waals surface area contributed by atoms with E-state index in [1.807, 2.05) is 0 Å². The Morgan fingerprint density at radius 2 is 1.96 bits per heavy atom. The van der Waals surface area contributed by atoms with Gasteiger partial charge in [0.05, 0.1) is 6.21 Å². The van der Waals surface area contributed by atoms with Crippen LogP contribution in [-0.2, 0) is 16.2 Å². The molecule has 0 spiro atoms. The number of hydrogen-bond donors (Lipinski definition) is 2. The van der Waals surface area contributed by atoms with Crippen LogP contribution in [0, 0.1) is 0 Å². The first-order valence-electron chi connectivity index (χ1n) is 7.21. The van der Waals surface area contributed by atoms with Gasteiger partial charge in [-0.3, -0.25) is 9.59 Å². The monoisotopic (exact) mass is 379 g/mol. The van der Waals surface area contributed by atoms with Gasteiger partial charge in [0.1, 0.15) is 12.4 Å². The van der Waals surface area contributed by atoms with Gasteiger partial charge in [-0.2, -0.15) is 5.10 Å². The molecule has 0 bridgehead atoms. The molecule has 0 unspecified atom stereocenters. The van der Waals surface area contributed by atoms with Crippen LogP contribution >= 0.6 is 23.2 Å². The van der Waals surface area contributed by atoms with Crippen molar-refractivity contribution < 1.29 is 14.3 Å². The molecular weight excluding hydrogens is 365 g/mol. The molecule has 25 heavy (non-hydrogen) atoms. The molecule has 0 saturated carbocycles. The average molecular weight is 380 g/mol. The Bertz CT molecular complexity index is 809. The number of rotatable bonds is 5. The summed E-state index contributed by atoms with van der Waals surface area (Å²) in [6.07, 6.45) is 1.41. The van der Waals surface area contributed by atoms with Gasteiger partial charge in [-0.15, -0.1) is 0 Å². The summed E-state index contributed by atoms with van der Waals surface area (Å²) in [5.41, 5.74) is 3.62. The molecule has 0 aliphatic carbocycles. The lowest BCUT2D eigenvalue weighted by atomic mass is 10.2. The average Bonchev–Trinajstić information content (AvgIpc) is 2.60. The predicted octanol–water partition coefficient (Wildman–Crippen LogP) is 2.77. The number of halogens is 2. The maximum absolute atomic E-state index is 11.3. The van der Waals surface area contributed by atoms with Gasteiger partial charge >= 0.3 is 11.8 Å². The second-order valence-corrected chi connectivity index (χ2v) is 5.72. The van der Waals surface area contributed by atoms with Gasteiger partial charge in [-0.05, 0) is 29.8 Å². The summed E-state index contributed by atoms with van der Waals surface area (Å²) in [6, 6.07) is 12.3. The first-order chi connectivity index (χ1) is 12.0. The molecule has 2 N–H and O–H groups in total. The molecule has 2 rings (SSSR count). The van der Waals surface area contributed by atoms with E-state index in [1.54, 1.807) is 42.5 Å². The van der Waals surface area contributed by atoms with Crippen molar-refractivity contribution in [3.05, 3.63) is 63.6 Å². The van der Waals surface area contributed by atoms with Crippen molar-refractivity contribution >= 4 is 41.2 Å². The van der Waals surface area contributed by atoms with E-state index in [4.69, 9.17) is 27.9 Å². The smallest absolute Gasteiger partial charge is 0.329 e. The molecule has 0 saturated heterocycles. The fourth-order valence-corrected chi connectivity index (χ4v) is 2.28. The number of nitrogens with one attached hydrogen (secondary N) is 2. The Morgan fingerprint density at radius 3 is 2.68 bits per heavy atom. The number of hydrazone groups is 1. The van der Waals surface area contributed by atoms with E-state index >= 15 is 0 Å². The Labute approximate surface area is 154 Å². The SMILES string of the molecule is CNC(=O)C(=O)N/N=C\c1cccc(OCc2ccc(Cl)cc2Cl)c1. The fraction of sp³-hybridized carbons (Fsp3) is 0.118. The molecular formula is C17H15Cl2N3O3. The van der Waals surface area contributed by atoms with E-state index in [0.29, 0.717) is 21.4 Å². The number of likely N-dealkylation sites (N-methyl/N-ethyl adjacent to an activating group) is 1. The maximum atomic E-state index is 11.3. The lowest BCUT2D eigenvalue weighted by Gasteiger charge is -2.08. The van der Waals surface area contributed by atoms with Crippen molar-refractivity contribution in [1.82, 2.24) is 10.7 Å². The Hall–Kier alpha value is -2.57. The highest BCUT2D eigenvalue weighted by molar-refractivity contribution is 6.35. The first-order valence-corrected chi connectivity index (χ1v) is 7.97. The van der Waals surface area contributed by atoms with Crippen LogP contribution in [-0.4, -0.2) is 25.1 Å². The molecule has 0 heterocycles. The topological polar surface area (TPSA) is 79.8 Å². The fourth-order valence-electron chi connectivity index (χ4n) is 1.81. The molecule has 2 amide bonds. The van der Waals surface area contributed by atoms with Gasteiger partial charge in [0.15, 0.2) is 0 Å². The second-order valence-electron chi connectivity index (χ2n) is 4.88. The maximum Gasteiger partial charge on any atom is 0.329 e. The summed E-state index contributed by atoms with van der Waals surface area (Å²) in [7, 11) is 1.36. The molecule has 6 nitrogen and oxygen atoms in total. The van der Waals surface area contributed by atoms with Crippen LogP contribution in [0.5, 0.6) is 5.75 Å². The molecule has 0 aromatic heterocycles. The molecule has 0 atom stereocenters. The van der Waals surface area contributed by atoms with Crippen molar-refractivity contribution in [2.24, 2.45) is 5.10 Å². The van der Waals surface area contributed by atoms with Crippen LogP contribution in [0.2, 0.25) is 10.0 Å². The second kappa shape index (κ2) is 9.05. The molecule has 0 fully saturated rings. The highest BCUT2D eigenvalue weighted by Crippen LogP contribution is 2.22. The number of amides is 2. The zero-order valence-electron chi connectivity index (χ0n) is 13.3. The van der Waals surface area contributed by atoms with Crippen LogP contribution in [0.4, 0.5) is 0 Å². The van der Waals surface area contributed by atoms with Gasteiger partial charge in [-0.1, -0.05) is 41.4 Å². The lowest BCUT2D eigenvalue weighted by Crippen LogP contribution is -2.35. The quantitative estimate of drug-likeness (QED) is 0.476. The molecule has 2 aromatic rings. The van der Waals surface area contributed by atoms with E-state index in [-0.39, 0.29) is 6.61 Å². The van der Waals surface area contributed by atoms with Crippen molar-refractivity contribution in [3.8, 4) is 5.75 Å². The number of hydrogen-bond acceptors (Lipinski definition) is 4. The minimum absolute atomic E-state index is 0.282. The molecule has 0 aliphatic heterocycles. The third-order valence-corrected chi connectivity index (χ3v) is 3.67. The minimum Gasteiger partial charge on any atom is -0.489 e. The van der Waals surface area contributed by atoms with Crippen molar-refractivity contribution in [2.45, 2.75) is 6.61 Å². The minimum atomic E-state index is -0.844. The summed E-state index contributed by atoms with van der Waals surface area (Å²) in [6.45, 7) is 0.282. The number of carbonyl (C=O) groups excluding carboxylic acids is 2. The molecule has 0 radical (unpaired) electrons. The summed E-state index contributed by atoms with van der Waals surface area (Å²) in [5, 5.41) is 7.01. The van der Waals surface area contributed by atoms with Gasteiger partial charge in [-0.25, -0.2) is 5.43 Å². The van der Waals surface area contributed by atoms with Crippen LogP contribution < -0.4 is 15.5 Å². The van der Waals surface area contributed by atoms with Crippen molar-refractivity contribution in [2.75, 3.05) is 7.05 Å². The largest absolute Gasteiger partial charge is 0.489 e. The van der Waals surface area contributed by atoms with E-state index in [0.717, 1.165) is 5.56 Å². The highest BCUT2D eigenvalue weighted by Gasteiger charge is 2.08. The number of carbonyl (C=O) groups is 2. The van der Waals surface area contributed by atoms with Crippen LogP contribution in [0.25, 0.3) is 0 Å². The van der Waals surface area contributed by atoms with E-state index in [2.05, 4.69) is 15.8 Å². The van der Waals surface area contributed by atoms with Crippen LogP contribution in [0.15, 0.2) is 47.6 Å². The zero-order chi connectivity index (χ0) is 18.2. The molecule has 0 aliphatic rings. The third-order valence-electron chi connectivity index (χ3n) is 3.08. The highest BCUT2D eigenvalue weighted by atomic mass is 35.5. The van der Waals surface area contributed by atoms with Gasteiger partial charge < -0.3 is 10.1 Å². The van der Waals surface area contributed by atoms with E-state index in [9.17, 15) is 9.59 Å². The normalized spacial score (nSPS) is 10.5. The third kappa shape index (κ3) is 5.77. The summed E-state index contributed by atoms with van der Waals surface area (Å²) >= 11 is 12.0. The summed E-state index contributed by atoms with van der Waals surface area (Å²) in [4.78, 5) is 22.3. The van der Waals surface area contributed by atoms with E-state index in [1.165, 1.54) is 13.3 Å². The summed E-state index contributed by atoms with van der Waals surface area (Å²) < 4.78 is 5.70. The number of nitrogens with zero attached hydrogens (tertiary/aromatic N) is 1. The number of ether oxygens (including phenoxy) is 1. The van der Waals surface area contributed by atoms with Gasteiger partial charge in [0, 0.05) is 22.7 Å². The predicted molar refractivity (Wildman–Crippen MR) is 97.0 cm³/mol. The molecule has 8 heteroatoms. The molecule has 130 valence electrons. The Morgan fingerprint density at radius 1 is 1.16 bits per heavy atom. The summed E-state index contributed by atoms with van der Waals surface area (Å²) in [5.74, 6) is -1.01. The standard InChI is InChI=1S/C17H15Cl2N3O3/c1-20-16(23)17(24)22-21-9-11-3-2-4-14(7-11)25-10-12-5-6-13(18)8-15(12)19/h2-9H,10H2,1H3,(H,20,23)(H,22,24)/b21-9-. The van der Waals surface area contributed by atoms with Crippen LogP contribution in [0.1, 0.15) is 11.1 Å². The number of benzene rings is 2. The van der Waals surface area contributed by atoms with Crippen molar-refractivity contribution in [3.63, 3.8) is 0 Å². The van der Waals surface area contributed by atoms with E-state index < -0.39 is 11.8 Å². The Balaban J connectivity index is 1.96. The van der Waals surface area contributed by atoms with Crippen molar-refractivity contribution in [1.29, 1.82) is 0 Å². The first kappa shape index (κ1) is 18.8.